The minimum atomic E-state index is -4.70. The fourth-order valence-electron chi connectivity index (χ4n) is 1.87. The van der Waals surface area contributed by atoms with Crippen molar-refractivity contribution in [3.63, 3.8) is 0 Å². The molecule has 3 N–H and O–H groups in total. The number of carbonyl (C=O) groups excluding carboxylic acids is 1. The van der Waals surface area contributed by atoms with E-state index in [1.807, 2.05) is 0 Å². The average Bonchev–Trinajstić information content (AvgIpc) is 2.39. The first-order valence-corrected chi connectivity index (χ1v) is 8.07. The summed E-state index contributed by atoms with van der Waals surface area (Å²) in [7, 11) is -4.70. The molecule has 0 aliphatic carbocycles. The molecule has 1 saturated heterocycles. The van der Waals surface area contributed by atoms with Gasteiger partial charge in [0.05, 0.1) is 29.1 Å². The molecule has 1 rings (SSSR count). The van der Waals surface area contributed by atoms with E-state index in [4.69, 9.17) is 9.47 Å². The third-order valence-electron chi connectivity index (χ3n) is 2.91. The molecule has 0 saturated carbocycles. The Bertz CT molecular complexity index is 469. The zero-order valence-electron chi connectivity index (χ0n) is 12.8. The summed E-state index contributed by atoms with van der Waals surface area (Å²) >= 11 is 0. The van der Waals surface area contributed by atoms with Crippen LogP contribution in [0.2, 0.25) is 0 Å². The summed E-state index contributed by atoms with van der Waals surface area (Å²) in [5, 5.41) is 28.9. The number of ether oxygens (including phenoxy) is 3. The van der Waals surface area contributed by atoms with Gasteiger partial charge in [-0.1, -0.05) is 0 Å². The molecule has 1 aliphatic heterocycles. The molecule has 130 valence electrons. The van der Waals surface area contributed by atoms with Crippen molar-refractivity contribution in [2.45, 2.75) is 44.1 Å². The van der Waals surface area contributed by atoms with Gasteiger partial charge in [0, 0.05) is 13.3 Å². The van der Waals surface area contributed by atoms with Gasteiger partial charge in [0.25, 0.3) is 0 Å². The van der Waals surface area contributed by atoms with Crippen molar-refractivity contribution < 1.29 is 76.9 Å². The average molecular weight is 366 g/mol. The van der Waals surface area contributed by atoms with Gasteiger partial charge in [-0.05, 0) is 0 Å². The third-order valence-corrected chi connectivity index (χ3v) is 3.65. The Morgan fingerprint density at radius 3 is 2.30 bits per heavy atom. The molecule has 1 heterocycles. The van der Waals surface area contributed by atoms with E-state index >= 15 is 0 Å². The number of carbonyl (C=O) groups is 1. The molecule has 23 heavy (non-hydrogen) atoms. The van der Waals surface area contributed by atoms with Crippen LogP contribution in [0.3, 0.4) is 0 Å². The molecule has 0 bridgehead atoms. The number of hydrogen-bond acceptors (Lipinski definition) is 10. The number of rotatable bonds is 7. The minimum Gasteiger partial charge on any atom is -0.748 e. The second-order valence-corrected chi connectivity index (χ2v) is 6.25. The van der Waals surface area contributed by atoms with Crippen molar-refractivity contribution in [2.75, 3.05) is 19.0 Å². The summed E-state index contributed by atoms with van der Waals surface area (Å²) in [5.74, 6) is -1.53. The van der Waals surface area contributed by atoms with Gasteiger partial charge in [0.2, 0.25) is 0 Å². The van der Waals surface area contributed by atoms with Crippen LogP contribution in [0.1, 0.15) is 13.3 Å². The Hall–Kier alpha value is 0.180. The SMILES string of the molecule is CC(=O)OCCCO[C@H]1O[C@H](CS(=O)(=O)[O-])[C@@H](O)[C@H](O)[C@H]1O.[Na+]. The topological polar surface area (TPSA) is 163 Å². The van der Waals surface area contributed by atoms with Crippen molar-refractivity contribution in [3.8, 4) is 0 Å². The maximum Gasteiger partial charge on any atom is 1.00 e. The second-order valence-electron chi connectivity index (χ2n) is 4.80. The number of esters is 1. The number of aliphatic hydroxyl groups is 3. The van der Waals surface area contributed by atoms with Crippen LogP contribution < -0.4 is 29.6 Å². The van der Waals surface area contributed by atoms with Crippen LogP contribution >= 0.6 is 0 Å². The fourth-order valence-corrected chi connectivity index (χ4v) is 2.55. The molecular weight excluding hydrogens is 347 g/mol. The molecule has 0 aromatic rings. The van der Waals surface area contributed by atoms with E-state index < -0.39 is 52.5 Å². The maximum absolute atomic E-state index is 10.7. The van der Waals surface area contributed by atoms with Crippen LogP contribution in [0, 0.1) is 0 Å². The molecule has 10 nitrogen and oxygen atoms in total. The number of hydrogen-bond donors (Lipinski definition) is 3. The van der Waals surface area contributed by atoms with Crippen LogP contribution in [0.5, 0.6) is 0 Å². The zero-order chi connectivity index (χ0) is 16.9. The van der Waals surface area contributed by atoms with Crippen LogP contribution in [-0.4, -0.2) is 83.9 Å². The summed E-state index contributed by atoms with van der Waals surface area (Å²) < 4.78 is 46.9. The molecule has 0 spiro atoms. The third kappa shape index (κ3) is 8.20. The predicted octanol–water partition coefficient (Wildman–Crippen LogP) is -5.69. The van der Waals surface area contributed by atoms with Crippen molar-refractivity contribution in [3.05, 3.63) is 0 Å². The summed E-state index contributed by atoms with van der Waals surface area (Å²) in [6.07, 6.45) is -7.73. The molecule has 0 aromatic carbocycles. The zero-order valence-corrected chi connectivity index (χ0v) is 15.6. The van der Waals surface area contributed by atoms with E-state index in [1.165, 1.54) is 6.92 Å². The van der Waals surface area contributed by atoms with Gasteiger partial charge in [-0.15, -0.1) is 0 Å². The summed E-state index contributed by atoms with van der Waals surface area (Å²) in [4.78, 5) is 10.5. The number of aliphatic hydroxyl groups excluding tert-OH is 3. The van der Waals surface area contributed by atoms with Crippen LogP contribution in [0.25, 0.3) is 0 Å². The fraction of sp³-hybridized carbons (Fsp3) is 0.909. The van der Waals surface area contributed by atoms with Gasteiger partial charge in [-0.25, -0.2) is 8.42 Å². The van der Waals surface area contributed by atoms with Crippen LogP contribution in [-0.2, 0) is 29.1 Å². The summed E-state index contributed by atoms with van der Waals surface area (Å²) in [6.45, 7) is 1.29. The van der Waals surface area contributed by atoms with Gasteiger partial charge in [-0.2, -0.15) is 0 Å². The molecule has 0 unspecified atom stereocenters. The Kier molecular flexibility index (Phi) is 10.3. The molecule has 5 atom stereocenters. The van der Waals surface area contributed by atoms with Gasteiger partial charge < -0.3 is 34.1 Å². The summed E-state index contributed by atoms with van der Waals surface area (Å²) in [6, 6.07) is 0. The molecular formula is C11H19NaO10S. The molecule has 0 amide bonds. The van der Waals surface area contributed by atoms with Crippen molar-refractivity contribution in [1.82, 2.24) is 0 Å². The van der Waals surface area contributed by atoms with E-state index in [0.717, 1.165) is 0 Å². The van der Waals surface area contributed by atoms with Crippen molar-refractivity contribution >= 4 is 16.1 Å². The van der Waals surface area contributed by atoms with Gasteiger partial charge in [0.1, 0.15) is 24.4 Å². The summed E-state index contributed by atoms with van der Waals surface area (Å²) in [5.41, 5.74) is 0. The normalized spacial score (nSPS) is 31.3. The minimum absolute atomic E-state index is 0. The molecule has 0 aromatic heterocycles. The quantitative estimate of drug-likeness (QED) is 0.171. The first-order chi connectivity index (χ1) is 10.1. The van der Waals surface area contributed by atoms with Gasteiger partial charge in [0.15, 0.2) is 6.29 Å². The van der Waals surface area contributed by atoms with E-state index in [-0.39, 0.29) is 49.2 Å². The van der Waals surface area contributed by atoms with Gasteiger partial charge >= 0.3 is 35.5 Å². The second kappa shape index (κ2) is 10.2. The molecule has 1 aliphatic rings. The van der Waals surface area contributed by atoms with E-state index in [2.05, 4.69) is 4.74 Å². The predicted molar refractivity (Wildman–Crippen MR) is 68.4 cm³/mol. The smallest absolute Gasteiger partial charge is 0.748 e. The maximum atomic E-state index is 10.7. The molecule has 1 fully saturated rings. The monoisotopic (exact) mass is 366 g/mol. The Labute approximate surface area is 155 Å². The van der Waals surface area contributed by atoms with Crippen molar-refractivity contribution in [2.24, 2.45) is 0 Å². The Balaban J connectivity index is 0.00000484. The van der Waals surface area contributed by atoms with E-state index in [0.29, 0.717) is 0 Å². The standard InChI is InChI=1S/C11H20O10S.Na/c1-6(12)19-3-2-4-20-11-10(15)9(14)8(13)7(21-11)5-22(16,17)18;/h7-11,13-15H,2-5H2,1H3,(H,16,17,18);/q;+1/p-1/t7-,8-,9+,10-,11+;/m1./s1. The Morgan fingerprint density at radius 2 is 1.78 bits per heavy atom. The Morgan fingerprint density at radius 1 is 1.17 bits per heavy atom. The largest absolute Gasteiger partial charge is 1.00 e. The van der Waals surface area contributed by atoms with Gasteiger partial charge in [-0.3, -0.25) is 4.79 Å². The first-order valence-electron chi connectivity index (χ1n) is 6.50. The molecule has 0 radical (unpaired) electrons. The van der Waals surface area contributed by atoms with E-state index in [1.54, 1.807) is 0 Å². The first kappa shape index (κ1) is 23.2. The van der Waals surface area contributed by atoms with Crippen molar-refractivity contribution in [1.29, 1.82) is 0 Å². The van der Waals surface area contributed by atoms with Crippen LogP contribution in [0.4, 0.5) is 0 Å². The van der Waals surface area contributed by atoms with Crippen LogP contribution in [0.15, 0.2) is 0 Å². The molecule has 12 heteroatoms. The van der Waals surface area contributed by atoms with E-state index in [9.17, 15) is 33.1 Å².